The Morgan fingerprint density at radius 1 is 1.62 bits per heavy atom. The predicted molar refractivity (Wildman–Crippen MR) is 66.8 cm³/mol. The van der Waals surface area contributed by atoms with Crippen molar-refractivity contribution in [1.82, 2.24) is 10.6 Å². The predicted octanol–water partition coefficient (Wildman–Crippen LogP) is 0.402. The molecule has 16 heavy (non-hydrogen) atoms. The van der Waals surface area contributed by atoms with Gasteiger partial charge in [-0.25, -0.2) is 0 Å². The third-order valence-electron chi connectivity index (χ3n) is 2.84. The van der Waals surface area contributed by atoms with Gasteiger partial charge in [0.2, 0.25) is 5.91 Å². The number of rotatable bonds is 5. The van der Waals surface area contributed by atoms with Crippen LogP contribution in [-0.2, 0) is 15.6 Å². The fourth-order valence-corrected chi connectivity index (χ4v) is 2.63. The van der Waals surface area contributed by atoms with Crippen molar-refractivity contribution < 1.29 is 9.00 Å². The molecule has 1 rings (SSSR count). The van der Waals surface area contributed by atoms with Gasteiger partial charge in [-0.15, -0.1) is 0 Å². The lowest BCUT2D eigenvalue weighted by Crippen LogP contribution is -2.38. The molecule has 2 N–H and O–H groups in total. The van der Waals surface area contributed by atoms with Gasteiger partial charge in [0.05, 0.1) is 0 Å². The highest BCUT2D eigenvalue weighted by atomic mass is 32.2. The van der Waals surface area contributed by atoms with E-state index in [4.69, 9.17) is 0 Å². The molecule has 4 nitrogen and oxygen atoms in total. The van der Waals surface area contributed by atoms with E-state index in [1.54, 1.807) is 6.26 Å². The molecule has 0 aliphatic carbocycles. The smallest absolute Gasteiger partial charge is 0.221 e. The van der Waals surface area contributed by atoms with Crippen molar-refractivity contribution in [3.8, 4) is 0 Å². The third-order valence-corrected chi connectivity index (χ3v) is 3.65. The summed E-state index contributed by atoms with van der Waals surface area (Å²) in [4.78, 5) is 11.3. The number of carbonyl (C=O) groups is 1. The molecule has 1 amide bonds. The zero-order chi connectivity index (χ0) is 12.0. The first-order valence-electron chi connectivity index (χ1n) is 5.90. The van der Waals surface area contributed by atoms with Gasteiger partial charge < -0.3 is 10.6 Å². The molecule has 1 heterocycles. The molecule has 3 unspecified atom stereocenters. The quantitative estimate of drug-likeness (QED) is 0.738. The van der Waals surface area contributed by atoms with Crippen LogP contribution in [-0.4, -0.2) is 40.8 Å². The van der Waals surface area contributed by atoms with Gasteiger partial charge in [-0.05, 0) is 26.2 Å². The Kier molecular flexibility index (Phi) is 5.98. The van der Waals surface area contributed by atoms with Crippen molar-refractivity contribution in [2.75, 3.05) is 18.6 Å². The van der Waals surface area contributed by atoms with E-state index in [1.807, 2.05) is 0 Å². The molecule has 3 atom stereocenters. The monoisotopic (exact) mass is 246 g/mol. The van der Waals surface area contributed by atoms with Gasteiger partial charge in [0.15, 0.2) is 0 Å². The van der Waals surface area contributed by atoms with Gasteiger partial charge in [-0.1, -0.05) is 0 Å². The van der Waals surface area contributed by atoms with Crippen molar-refractivity contribution >= 4 is 16.7 Å². The Hall–Kier alpha value is -0.420. The van der Waals surface area contributed by atoms with Crippen LogP contribution in [0.25, 0.3) is 0 Å². The van der Waals surface area contributed by atoms with E-state index >= 15 is 0 Å². The van der Waals surface area contributed by atoms with Crippen LogP contribution in [0.15, 0.2) is 0 Å². The number of hydrogen-bond acceptors (Lipinski definition) is 3. The van der Waals surface area contributed by atoms with Crippen molar-refractivity contribution in [3.63, 3.8) is 0 Å². The third kappa shape index (κ3) is 5.61. The van der Waals surface area contributed by atoms with E-state index in [2.05, 4.69) is 17.6 Å². The summed E-state index contributed by atoms with van der Waals surface area (Å²) in [7, 11) is -0.722. The summed E-state index contributed by atoms with van der Waals surface area (Å²) >= 11 is 0. The second-order valence-electron chi connectivity index (χ2n) is 4.53. The standard InChI is InChI=1S/C11H22N2O2S/c1-9(5-7-16(2)15)13-10-4-3-6-12-11(14)8-10/h9-10,13H,3-8H2,1-2H3,(H,12,14). The van der Waals surface area contributed by atoms with Gasteiger partial charge in [-0.3, -0.25) is 9.00 Å². The zero-order valence-corrected chi connectivity index (χ0v) is 10.9. The summed E-state index contributed by atoms with van der Waals surface area (Å²) in [5.74, 6) is 0.869. The van der Waals surface area contributed by atoms with Crippen LogP contribution in [0.1, 0.15) is 32.6 Å². The molecule has 0 aromatic carbocycles. The van der Waals surface area contributed by atoms with E-state index in [1.165, 1.54) is 0 Å². The molecule has 0 radical (unpaired) electrons. The summed E-state index contributed by atoms with van der Waals surface area (Å²) in [6.07, 6.45) is 5.28. The van der Waals surface area contributed by atoms with Crippen molar-refractivity contribution in [1.29, 1.82) is 0 Å². The van der Waals surface area contributed by atoms with E-state index in [9.17, 15) is 9.00 Å². The molecule has 5 heteroatoms. The minimum absolute atomic E-state index is 0.140. The maximum absolute atomic E-state index is 11.3. The molecule has 94 valence electrons. The molecule has 0 aromatic heterocycles. The SMILES string of the molecule is CC(CCS(C)=O)NC1CCCNC(=O)C1. The minimum atomic E-state index is -0.722. The van der Waals surface area contributed by atoms with Gasteiger partial charge >= 0.3 is 0 Å². The number of nitrogens with one attached hydrogen (secondary N) is 2. The lowest BCUT2D eigenvalue weighted by molar-refractivity contribution is -0.121. The molecule has 0 saturated carbocycles. The summed E-state index contributed by atoms with van der Waals surface area (Å²) in [6, 6.07) is 0.614. The van der Waals surface area contributed by atoms with Crippen LogP contribution in [0.5, 0.6) is 0 Å². The summed E-state index contributed by atoms with van der Waals surface area (Å²) in [5, 5.41) is 6.32. The van der Waals surface area contributed by atoms with Gasteiger partial charge in [-0.2, -0.15) is 0 Å². The zero-order valence-electron chi connectivity index (χ0n) is 10.1. The van der Waals surface area contributed by atoms with Crippen molar-refractivity contribution in [2.24, 2.45) is 0 Å². The highest BCUT2D eigenvalue weighted by Crippen LogP contribution is 2.08. The molecule has 1 aliphatic heterocycles. The second kappa shape index (κ2) is 7.01. The molecular formula is C11H22N2O2S. The fraction of sp³-hybridized carbons (Fsp3) is 0.909. The van der Waals surface area contributed by atoms with E-state index < -0.39 is 10.8 Å². The topological polar surface area (TPSA) is 58.2 Å². The van der Waals surface area contributed by atoms with Gasteiger partial charge in [0, 0.05) is 47.9 Å². The Bertz CT molecular complexity index is 258. The Morgan fingerprint density at radius 2 is 2.38 bits per heavy atom. The van der Waals surface area contributed by atoms with Crippen LogP contribution in [0, 0.1) is 0 Å². The first-order chi connectivity index (χ1) is 7.58. The maximum atomic E-state index is 11.3. The summed E-state index contributed by atoms with van der Waals surface area (Å²) < 4.78 is 11.0. The summed E-state index contributed by atoms with van der Waals surface area (Å²) in [5.41, 5.74) is 0. The molecule has 0 aromatic rings. The summed E-state index contributed by atoms with van der Waals surface area (Å²) in [6.45, 7) is 2.89. The maximum Gasteiger partial charge on any atom is 0.221 e. The Morgan fingerprint density at radius 3 is 3.06 bits per heavy atom. The van der Waals surface area contributed by atoms with Crippen LogP contribution in [0.3, 0.4) is 0 Å². The van der Waals surface area contributed by atoms with Crippen molar-refractivity contribution in [2.45, 2.75) is 44.7 Å². The molecule has 1 fully saturated rings. The number of carbonyl (C=O) groups excluding carboxylic acids is 1. The van der Waals surface area contributed by atoms with E-state index in [-0.39, 0.29) is 11.9 Å². The van der Waals surface area contributed by atoms with Crippen LogP contribution in [0.2, 0.25) is 0 Å². The average Bonchev–Trinajstić information content (AvgIpc) is 2.40. The highest BCUT2D eigenvalue weighted by Gasteiger charge is 2.18. The van der Waals surface area contributed by atoms with Crippen LogP contribution < -0.4 is 10.6 Å². The fourth-order valence-electron chi connectivity index (χ4n) is 1.94. The first kappa shape index (κ1) is 13.6. The van der Waals surface area contributed by atoms with Crippen molar-refractivity contribution in [3.05, 3.63) is 0 Å². The average molecular weight is 246 g/mol. The normalized spacial score (nSPS) is 25.6. The van der Waals surface area contributed by atoms with Crippen LogP contribution >= 0.6 is 0 Å². The molecule has 1 aliphatic rings. The number of amides is 1. The molecule has 0 bridgehead atoms. The molecular weight excluding hydrogens is 224 g/mol. The van der Waals surface area contributed by atoms with E-state index in [0.29, 0.717) is 12.5 Å². The first-order valence-corrected chi connectivity index (χ1v) is 7.63. The largest absolute Gasteiger partial charge is 0.356 e. The second-order valence-corrected chi connectivity index (χ2v) is 6.08. The lowest BCUT2D eigenvalue weighted by atomic mass is 10.1. The lowest BCUT2D eigenvalue weighted by Gasteiger charge is -2.20. The molecule has 0 spiro atoms. The van der Waals surface area contributed by atoms with Crippen LogP contribution in [0.4, 0.5) is 0 Å². The minimum Gasteiger partial charge on any atom is -0.356 e. The van der Waals surface area contributed by atoms with Gasteiger partial charge in [0.1, 0.15) is 0 Å². The Labute approximate surface area is 100 Å². The van der Waals surface area contributed by atoms with E-state index in [0.717, 1.165) is 31.6 Å². The Balaban J connectivity index is 2.28. The molecule has 1 saturated heterocycles. The van der Waals surface area contributed by atoms with Gasteiger partial charge in [0.25, 0.3) is 0 Å². The number of hydrogen-bond donors (Lipinski definition) is 2. The highest BCUT2D eigenvalue weighted by molar-refractivity contribution is 7.84.